The van der Waals surface area contributed by atoms with Crippen LogP contribution >= 0.6 is 0 Å². The van der Waals surface area contributed by atoms with Crippen LogP contribution < -0.4 is 9.47 Å². The summed E-state index contributed by atoms with van der Waals surface area (Å²) in [7, 11) is 3.39. The molecule has 0 amide bonds. The highest BCUT2D eigenvalue weighted by atomic mass is 16.5. The quantitative estimate of drug-likeness (QED) is 0.739. The lowest BCUT2D eigenvalue weighted by Gasteiger charge is -2.21. The number of nitrogens with zero attached hydrogens (tertiary/aromatic N) is 1. The summed E-state index contributed by atoms with van der Waals surface area (Å²) < 4.78 is 10.7. The third kappa shape index (κ3) is 2.89. The van der Waals surface area contributed by atoms with Gasteiger partial charge in [0.2, 0.25) is 0 Å². The molecule has 0 aliphatic carbocycles. The molecular weight excluding hydrogens is 202 g/mol. The number of hydrogen-bond donors (Lipinski definition) is 0. The third-order valence-corrected chi connectivity index (χ3v) is 2.81. The molecular formula is C13H21NO2. The van der Waals surface area contributed by atoms with E-state index in [4.69, 9.17) is 9.47 Å². The van der Waals surface area contributed by atoms with Crippen LogP contribution in [0.2, 0.25) is 0 Å². The first-order valence-electron chi connectivity index (χ1n) is 5.69. The van der Waals surface area contributed by atoms with Crippen LogP contribution in [0.25, 0.3) is 0 Å². The van der Waals surface area contributed by atoms with Crippen molar-refractivity contribution in [2.75, 3.05) is 27.3 Å². The molecule has 90 valence electrons. The number of methoxy groups -OCH3 is 2. The standard InChI is InChI=1S/C13H21NO2/c1-5-14(6-2)10-11-12(15-3)8-7-9-13(11)16-4/h7-9H,5-6,10H2,1-4H3. The van der Waals surface area contributed by atoms with Crippen molar-refractivity contribution in [3.8, 4) is 11.5 Å². The van der Waals surface area contributed by atoms with Gasteiger partial charge in [0.1, 0.15) is 11.5 Å². The Morgan fingerprint density at radius 3 is 1.88 bits per heavy atom. The smallest absolute Gasteiger partial charge is 0.127 e. The number of hydrogen-bond acceptors (Lipinski definition) is 3. The maximum atomic E-state index is 5.37. The van der Waals surface area contributed by atoms with Crippen molar-refractivity contribution in [2.45, 2.75) is 20.4 Å². The van der Waals surface area contributed by atoms with E-state index in [9.17, 15) is 0 Å². The molecule has 0 radical (unpaired) electrons. The fraction of sp³-hybridized carbons (Fsp3) is 0.538. The Morgan fingerprint density at radius 2 is 1.50 bits per heavy atom. The fourth-order valence-electron chi connectivity index (χ4n) is 1.75. The van der Waals surface area contributed by atoms with Crippen LogP contribution in [-0.2, 0) is 6.54 Å². The Kier molecular flexibility index (Phi) is 5.12. The predicted octanol–water partition coefficient (Wildman–Crippen LogP) is 2.55. The summed E-state index contributed by atoms with van der Waals surface area (Å²) in [4.78, 5) is 2.33. The zero-order chi connectivity index (χ0) is 12.0. The van der Waals surface area contributed by atoms with E-state index in [0.29, 0.717) is 0 Å². The van der Waals surface area contributed by atoms with Crippen LogP contribution in [0, 0.1) is 0 Å². The topological polar surface area (TPSA) is 21.7 Å². The lowest BCUT2D eigenvalue weighted by Crippen LogP contribution is -2.22. The molecule has 0 N–H and O–H groups in total. The van der Waals surface area contributed by atoms with Gasteiger partial charge in [-0.1, -0.05) is 19.9 Å². The van der Waals surface area contributed by atoms with E-state index in [2.05, 4.69) is 18.7 Å². The molecule has 16 heavy (non-hydrogen) atoms. The molecule has 0 atom stereocenters. The van der Waals surface area contributed by atoms with Crippen LogP contribution in [0.3, 0.4) is 0 Å². The van der Waals surface area contributed by atoms with Gasteiger partial charge in [-0.05, 0) is 25.2 Å². The van der Waals surface area contributed by atoms with Gasteiger partial charge >= 0.3 is 0 Å². The predicted molar refractivity (Wildman–Crippen MR) is 66.2 cm³/mol. The summed E-state index contributed by atoms with van der Waals surface area (Å²) in [5, 5.41) is 0. The maximum absolute atomic E-state index is 5.37. The van der Waals surface area contributed by atoms with Crippen molar-refractivity contribution < 1.29 is 9.47 Å². The van der Waals surface area contributed by atoms with Gasteiger partial charge in [0.25, 0.3) is 0 Å². The molecule has 0 aromatic heterocycles. The normalized spacial score (nSPS) is 10.6. The van der Waals surface area contributed by atoms with E-state index in [1.54, 1.807) is 14.2 Å². The minimum Gasteiger partial charge on any atom is -0.496 e. The highest BCUT2D eigenvalue weighted by molar-refractivity contribution is 5.44. The van der Waals surface area contributed by atoms with E-state index in [0.717, 1.165) is 36.7 Å². The van der Waals surface area contributed by atoms with Gasteiger partial charge in [0.05, 0.1) is 19.8 Å². The van der Waals surface area contributed by atoms with E-state index in [1.807, 2.05) is 18.2 Å². The molecule has 1 aromatic rings. The Bertz CT molecular complexity index is 299. The van der Waals surface area contributed by atoms with Gasteiger partial charge < -0.3 is 9.47 Å². The van der Waals surface area contributed by atoms with Crippen LogP contribution in [0.1, 0.15) is 19.4 Å². The molecule has 1 rings (SSSR count). The first-order chi connectivity index (χ1) is 7.76. The summed E-state index contributed by atoms with van der Waals surface area (Å²) in [5.41, 5.74) is 1.12. The molecule has 0 unspecified atom stereocenters. The highest BCUT2D eigenvalue weighted by Crippen LogP contribution is 2.29. The summed E-state index contributed by atoms with van der Waals surface area (Å²) in [6.07, 6.45) is 0. The van der Waals surface area contributed by atoms with Gasteiger partial charge in [-0.2, -0.15) is 0 Å². The zero-order valence-electron chi connectivity index (χ0n) is 10.6. The number of ether oxygens (including phenoxy) is 2. The highest BCUT2D eigenvalue weighted by Gasteiger charge is 2.12. The minimum absolute atomic E-state index is 0.861. The molecule has 0 fully saturated rings. The Morgan fingerprint density at radius 1 is 1.00 bits per heavy atom. The van der Waals surface area contributed by atoms with Gasteiger partial charge in [0.15, 0.2) is 0 Å². The molecule has 3 heteroatoms. The van der Waals surface area contributed by atoms with Gasteiger partial charge in [-0.15, -0.1) is 0 Å². The minimum atomic E-state index is 0.861. The molecule has 0 saturated heterocycles. The molecule has 0 spiro atoms. The summed E-state index contributed by atoms with van der Waals surface area (Å²) >= 11 is 0. The molecule has 3 nitrogen and oxygen atoms in total. The molecule has 0 bridgehead atoms. The second-order valence-corrected chi connectivity index (χ2v) is 3.60. The Balaban J connectivity index is 2.98. The average Bonchev–Trinajstić information content (AvgIpc) is 2.35. The molecule has 0 aliphatic rings. The summed E-state index contributed by atoms with van der Waals surface area (Å²) in [5.74, 6) is 1.79. The van der Waals surface area contributed by atoms with Crippen molar-refractivity contribution in [3.63, 3.8) is 0 Å². The molecule has 0 aliphatic heterocycles. The summed E-state index contributed by atoms with van der Waals surface area (Å²) in [6.45, 7) is 7.23. The Hall–Kier alpha value is -1.22. The largest absolute Gasteiger partial charge is 0.496 e. The first-order valence-corrected chi connectivity index (χ1v) is 5.69. The van der Waals surface area contributed by atoms with Crippen molar-refractivity contribution in [1.82, 2.24) is 4.90 Å². The fourth-order valence-corrected chi connectivity index (χ4v) is 1.75. The third-order valence-electron chi connectivity index (χ3n) is 2.81. The average molecular weight is 223 g/mol. The number of rotatable bonds is 6. The lowest BCUT2D eigenvalue weighted by atomic mass is 10.1. The Labute approximate surface area is 98.0 Å². The van der Waals surface area contributed by atoms with Crippen molar-refractivity contribution in [2.24, 2.45) is 0 Å². The molecule has 1 aromatic carbocycles. The van der Waals surface area contributed by atoms with Gasteiger partial charge in [-0.3, -0.25) is 4.90 Å². The van der Waals surface area contributed by atoms with Crippen LogP contribution in [0.5, 0.6) is 11.5 Å². The van der Waals surface area contributed by atoms with Gasteiger partial charge in [0, 0.05) is 6.54 Å². The van der Waals surface area contributed by atoms with Crippen molar-refractivity contribution in [3.05, 3.63) is 23.8 Å². The van der Waals surface area contributed by atoms with Crippen molar-refractivity contribution in [1.29, 1.82) is 0 Å². The maximum Gasteiger partial charge on any atom is 0.127 e. The van der Waals surface area contributed by atoms with Crippen molar-refractivity contribution >= 4 is 0 Å². The SMILES string of the molecule is CCN(CC)Cc1c(OC)cccc1OC. The zero-order valence-corrected chi connectivity index (χ0v) is 10.6. The van der Waals surface area contributed by atoms with Gasteiger partial charge in [-0.25, -0.2) is 0 Å². The second kappa shape index (κ2) is 6.38. The monoisotopic (exact) mass is 223 g/mol. The van der Waals surface area contributed by atoms with Crippen LogP contribution in [0.15, 0.2) is 18.2 Å². The number of benzene rings is 1. The molecule has 0 heterocycles. The first kappa shape index (κ1) is 12.8. The second-order valence-electron chi connectivity index (χ2n) is 3.60. The summed E-state index contributed by atoms with van der Waals surface area (Å²) in [6, 6.07) is 5.89. The van der Waals surface area contributed by atoms with E-state index in [-0.39, 0.29) is 0 Å². The van der Waals surface area contributed by atoms with E-state index in [1.165, 1.54) is 0 Å². The van der Waals surface area contributed by atoms with Crippen LogP contribution in [-0.4, -0.2) is 32.2 Å². The van der Waals surface area contributed by atoms with E-state index < -0.39 is 0 Å². The molecule has 0 saturated carbocycles. The van der Waals surface area contributed by atoms with Crippen LogP contribution in [0.4, 0.5) is 0 Å². The van der Waals surface area contributed by atoms with E-state index >= 15 is 0 Å². The lowest BCUT2D eigenvalue weighted by molar-refractivity contribution is 0.281.